The van der Waals surface area contributed by atoms with Crippen LogP contribution in [0.4, 0.5) is 0 Å². The van der Waals surface area contributed by atoms with E-state index >= 15 is 0 Å². The summed E-state index contributed by atoms with van der Waals surface area (Å²) >= 11 is 3.67. The Kier molecular flexibility index (Phi) is 6.66. The number of fused-ring (bicyclic) bond motifs is 9. The van der Waals surface area contributed by atoms with Crippen LogP contribution in [0.1, 0.15) is 23.1 Å². The van der Waals surface area contributed by atoms with Gasteiger partial charge in [-0.1, -0.05) is 115 Å². The minimum atomic E-state index is 0.664. The number of hydrogen-bond donors (Lipinski definition) is 0. The summed E-state index contributed by atoms with van der Waals surface area (Å²) in [5, 5.41) is 7.19. The van der Waals surface area contributed by atoms with E-state index in [1.165, 1.54) is 45.9 Å². The fraction of sp³-hybridized carbons (Fsp3) is 0.0213. The lowest BCUT2D eigenvalue weighted by Gasteiger charge is -2.08. The molecule has 0 atom stereocenters. The Morgan fingerprint density at radius 2 is 1.13 bits per heavy atom. The molecule has 0 aliphatic carbocycles. The zero-order chi connectivity index (χ0) is 34.2. The summed E-state index contributed by atoms with van der Waals surface area (Å²) in [5.74, 6) is 0.685. The van der Waals surface area contributed by atoms with Crippen molar-refractivity contribution in [3.63, 3.8) is 0 Å². The van der Waals surface area contributed by atoms with Crippen LogP contribution in [0.15, 0.2) is 172 Å². The minimum absolute atomic E-state index is 0.664. The van der Waals surface area contributed by atoms with Crippen molar-refractivity contribution in [1.82, 2.24) is 0 Å². The molecule has 1 aliphatic heterocycles. The number of thiophene rings is 2. The number of allylic oxidation sites excluding steroid dienone is 1. The molecule has 0 N–H and O–H groups in total. The zero-order valence-electron chi connectivity index (χ0n) is 27.8. The Labute approximate surface area is 307 Å². The van der Waals surface area contributed by atoms with Crippen molar-refractivity contribution in [2.45, 2.75) is 6.42 Å². The molecular weight excluding hydrogens is 673 g/mol. The van der Waals surface area contributed by atoms with Gasteiger partial charge in [0.25, 0.3) is 0 Å². The predicted octanol–water partition coefficient (Wildman–Crippen LogP) is 13.7. The molecule has 0 bridgehead atoms. The first-order valence-corrected chi connectivity index (χ1v) is 19.1. The van der Waals surface area contributed by atoms with Gasteiger partial charge in [-0.05, 0) is 59.2 Å². The van der Waals surface area contributed by atoms with Crippen molar-refractivity contribution in [2.24, 2.45) is 9.98 Å². The summed E-state index contributed by atoms with van der Waals surface area (Å²) in [6, 6.07) is 54.0. The third kappa shape index (κ3) is 4.70. The van der Waals surface area contributed by atoms with Crippen LogP contribution in [0.5, 0.6) is 0 Å². The van der Waals surface area contributed by atoms with E-state index < -0.39 is 0 Å². The monoisotopic (exact) mass is 700 g/mol. The van der Waals surface area contributed by atoms with Gasteiger partial charge in [0.15, 0.2) is 5.84 Å². The van der Waals surface area contributed by atoms with E-state index in [-0.39, 0.29) is 0 Å². The average Bonchev–Trinajstić information content (AvgIpc) is 3.83. The highest BCUT2D eigenvalue weighted by atomic mass is 32.1. The fourth-order valence-corrected chi connectivity index (χ4v) is 10.0. The minimum Gasteiger partial charge on any atom is -0.456 e. The summed E-state index contributed by atoms with van der Waals surface area (Å²) in [6.07, 6.45) is 2.91. The maximum Gasteiger partial charge on any atom is 0.160 e. The van der Waals surface area contributed by atoms with Gasteiger partial charge in [-0.25, -0.2) is 9.98 Å². The Morgan fingerprint density at radius 1 is 0.442 bits per heavy atom. The molecule has 1 aliphatic rings. The van der Waals surface area contributed by atoms with Gasteiger partial charge in [0.1, 0.15) is 11.2 Å². The maximum atomic E-state index is 6.52. The quantitative estimate of drug-likeness (QED) is 0.180. The molecule has 244 valence electrons. The smallest absolute Gasteiger partial charge is 0.160 e. The van der Waals surface area contributed by atoms with E-state index in [4.69, 9.17) is 14.4 Å². The molecule has 11 rings (SSSR count). The van der Waals surface area contributed by atoms with Crippen LogP contribution < -0.4 is 0 Å². The van der Waals surface area contributed by atoms with E-state index in [0.29, 0.717) is 12.3 Å². The largest absolute Gasteiger partial charge is 0.456 e. The maximum absolute atomic E-state index is 6.52. The Balaban J connectivity index is 1.12. The van der Waals surface area contributed by atoms with Crippen LogP contribution >= 0.6 is 22.7 Å². The molecule has 7 aromatic carbocycles. The first-order valence-electron chi connectivity index (χ1n) is 17.4. The third-order valence-corrected chi connectivity index (χ3v) is 12.5. The molecule has 52 heavy (non-hydrogen) atoms. The second-order valence-corrected chi connectivity index (χ2v) is 15.4. The van der Waals surface area contributed by atoms with Crippen LogP contribution in [-0.2, 0) is 0 Å². The van der Waals surface area contributed by atoms with Crippen LogP contribution in [-0.4, -0.2) is 11.5 Å². The van der Waals surface area contributed by atoms with Gasteiger partial charge < -0.3 is 4.42 Å². The third-order valence-electron chi connectivity index (χ3n) is 10.2. The van der Waals surface area contributed by atoms with E-state index in [1.54, 1.807) is 0 Å². The molecule has 0 unspecified atom stereocenters. The van der Waals surface area contributed by atoms with Gasteiger partial charge in [-0.15, -0.1) is 22.7 Å². The normalized spacial score (nSPS) is 13.7. The lowest BCUT2D eigenvalue weighted by Crippen LogP contribution is -2.05. The number of nitrogens with zero attached hydrogens (tertiary/aromatic N) is 2. The van der Waals surface area contributed by atoms with Crippen LogP contribution in [0.25, 0.3) is 79.1 Å². The second kappa shape index (κ2) is 11.7. The fourth-order valence-electron chi connectivity index (χ4n) is 7.74. The SMILES string of the molecule is C1=C(c2cccc3sc4ccccc4c23)N=C(c2cccc3oc4ccc(-c5ccc6c(c5)sc5ccccc56)cc4c23)N=C(c2ccccc2)C1. The van der Waals surface area contributed by atoms with Crippen LogP contribution in [0.2, 0.25) is 0 Å². The molecule has 0 fully saturated rings. The molecule has 0 amide bonds. The number of amidine groups is 1. The first kappa shape index (κ1) is 29.6. The molecule has 0 saturated heterocycles. The average molecular weight is 701 g/mol. The highest BCUT2D eigenvalue weighted by Crippen LogP contribution is 2.41. The Bertz CT molecular complexity index is 3160. The summed E-state index contributed by atoms with van der Waals surface area (Å²) in [7, 11) is 0. The molecule has 4 heterocycles. The van der Waals surface area contributed by atoms with Crippen molar-refractivity contribution >= 4 is 102 Å². The van der Waals surface area contributed by atoms with Gasteiger partial charge in [-0.3, -0.25) is 0 Å². The Hall–Kier alpha value is -6.14. The van der Waals surface area contributed by atoms with Crippen LogP contribution in [0, 0.1) is 0 Å². The molecular formula is C47H28N2OS2. The van der Waals surface area contributed by atoms with Crippen molar-refractivity contribution < 1.29 is 4.42 Å². The number of benzene rings is 7. The van der Waals surface area contributed by atoms with Gasteiger partial charge in [0.05, 0.1) is 11.4 Å². The summed E-state index contributed by atoms with van der Waals surface area (Å²) in [5.41, 5.74) is 9.10. The first-order chi connectivity index (χ1) is 25.7. The molecule has 3 aromatic heterocycles. The lowest BCUT2D eigenvalue weighted by atomic mass is 9.99. The molecule has 10 aromatic rings. The zero-order valence-corrected chi connectivity index (χ0v) is 29.5. The lowest BCUT2D eigenvalue weighted by molar-refractivity contribution is 0.669. The van der Waals surface area contributed by atoms with Gasteiger partial charge >= 0.3 is 0 Å². The van der Waals surface area contributed by atoms with E-state index in [0.717, 1.165) is 55.6 Å². The highest BCUT2D eigenvalue weighted by Gasteiger charge is 2.21. The predicted molar refractivity (Wildman–Crippen MR) is 223 cm³/mol. The molecule has 0 spiro atoms. The summed E-state index contributed by atoms with van der Waals surface area (Å²) < 4.78 is 11.7. The number of rotatable bonds is 4. The van der Waals surface area contributed by atoms with Crippen molar-refractivity contribution in [3.05, 3.63) is 174 Å². The van der Waals surface area contributed by atoms with Crippen molar-refractivity contribution in [3.8, 4) is 11.1 Å². The summed E-state index contributed by atoms with van der Waals surface area (Å²) in [4.78, 5) is 10.8. The van der Waals surface area contributed by atoms with E-state index in [2.05, 4.69) is 152 Å². The number of hydrogen-bond acceptors (Lipinski definition) is 5. The van der Waals surface area contributed by atoms with Gasteiger partial charge in [-0.2, -0.15) is 0 Å². The molecule has 5 heteroatoms. The van der Waals surface area contributed by atoms with Gasteiger partial charge in [0.2, 0.25) is 0 Å². The highest BCUT2D eigenvalue weighted by molar-refractivity contribution is 7.26. The van der Waals surface area contributed by atoms with E-state index in [9.17, 15) is 0 Å². The number of aliphatic imine (C=N–C) groups is 2. The molecule has 0 saturated carbocycles. The van der Waals surface area contributed by atoms with Crippen molar-refractivity contribution in [2.75, 3.05) is 0 Å². The van der Waals surface area contributed by atoms with Crippen molar-refractivity contribution in [1.29, 1.82) is 0 Å². The van der Waals surface area contributed by atoms with Crippen LogP contribution in [0.3, 0.4) is 0 Å². The summed E-state index contributed by atoms with van der Waals surface area (Å²) in [6.45, 7) is 0. The second-order valence-electron chi connectivity index (χ2n) is 13.2. The number of furan rings is 1. The van der Waals surface area contributed by atoms with E-state index in [1.807, 2.05) is 28.7 Å². The Morgan fingerprint density at radius 3 is 2.04 bits per heavy atom. The molecule has 0 radical (unpaired) electrons. The molecule has 3 nitrogen and oxygen atoms in total. The standard InChI is InChI=1S/C47H28N2OS2/c1-2-10-28(11-3-1)37-23-24-38(33-14-9-19-43-46(33)34-13-5-7-18-42(34)51-43)49-47(48-37)35-15-8-16-40-45(35)36-26-29(21-25-39(36)50-40)30-20-22-32-31-12-4-6-17-41(31)52-44(32)27-30/h1-22,24-27H,23H2. The topological polar surface area (TPSA) is 37.9 Å². The van der Waals surface area contributed by atoms with Gasteiger partial charge in [0, 0.05) is 68.7 Å².